The molecular formula is C18H15NO4S. The highest BCUT2D eigenvalue weighted by atomic mass is 32.1. The van der Waals surface area contributed by atoms with Gasteiger partial charge in [-0.15, -0.1) is 0 Å². The predicted octanol–water partition coefficient (Wildman–Crippen LogP) is 3.55. The first kappa shape index (κ1) is 16.0. The fourth-order valence-corrected chi connectivity index (χ4v) is 3.09. The van der Waals surface area contributed by atoms with Gasteiger partial charge in [0.25, 0.3) is 0 Å². The minimum absolute atomic E-state index is 0.0993. The molecule has 0 unspecified atom stereocenters. The second-order valence-electron chi connectivity index (χ2n) is 5.20. The number of rotatable bonds is 6. The van der Waals surface area contributed by atoms with Crippen LogP contribution >= 0.6 is 11.3 Å². The minimum atomic E-state index is -1.03. The van der Waals surface area contributed by atoms with Crippen molar-refractivity contribution in [1.29, 1.82) is 0 Å². The Balaban J connectivity index is 1.85. The minimum Gasteiger partial charge on any atom is -0.481 e. The first-order valence-electron chi connectivity index (χ1n) is 7.31. The first-order valence-corrected chi connectivity index (χ1v) is 8.25. The summed E-state index contributed by atoms with van der Waals surface area (Å²) in [5.74, 6) is -0.659. The van der Waals surface area contributed by atoms with Gasteiger partial charge in [-0.2, -0.15) is 11.3 Å². The molecule has 0 radical (unpaired) electrons. The Bertz CT molecular complexity index is 874. The number of hydrogen-bond donors (Lipinski definition) is 2. The highest BCUT2D eigenvalue weighted by molar-refractivity contribution is 7.08. The Morgan fingerprint density at radius 2 is 1.88 bits per heavy atom. The summed E-state index contributed by atoms with van der Waals surface area (Å²) in [5, 5.41) is 17.1. The van der Waals surface area contributed by atoms with Gasteiger partial charge in [0.2, 0.25) is 5.91 Å². The van der Waals surface area contributed by atoms with E-state index < -0.39 is 12.6 Å². The molecule has 0 saturated heterocycles. The standard InChI is InChI=1S/C18H15NO4S/c20-17(9-12-7-8-24-11-12)19-15-5-6-16(23-10-18(21)22)14-4-2-1-3-13(14)15/h1-8,11H,9-10H2,(H,19,20)(H,21,22). The molecule has 0 spiro atoms. The molecule has 1 aromatic heterocycles. The van der Waals surface area contributed by atoms with Gasteiger partial charge in [0, 0.05) is 16.5 Å². The summed E-state index contributed by atoms with van der Waals surface area (Å²) >= 11 is 1.56. The molecule has 0 saturated carbocycles. The van der Waals surface area contributed by atoms with Gasteiger partial charge in [-0.1, -0.05) is 24.3 Å². The lowest BCUT2D eigenvalue weighted by atomic mass is 10.1. The summed E-state index contributed by atoms with van der Waals surface area (Å²) in [6, 6.07) is 12.7. The van der Waals surface area contributed by atoms with E-state index in [0.717, 1.165) is 16.3 Å². The number of carbonyl (C=O) groups is 2. The SMILES string of the molecule is O=C(O)COc1ccc(NC(=O)Cc2ccsc2)c2ccccc12. The number of nitrogens with one attached hydrogen (secondary N) is 1. The van der Waals surface area contributed by atoms with Crippen LogP contribution in [0.5, 0.6) is 5.75 Å². The van der Waals surface area contributed by atoms with Crippen LogP contribution in [0.25, 0.3) is 10.8 Å². The van der Waals surface area contributed by atoms with E-state index in [1.165, 1.54) is 0 Å². The summed E-state index contributed by atoms with van der Waals surface area (Å²) in [6.45, 7) is -0.409. The zero-order valence-electron chi connectivity index (χ0n) is 12.7. The lowest BCUT2D eigenvalue weighted by Gasteiger charge is -2.12. The van der Waals surface area contributed by atoms with Crippen molar-refractivity contribution in [2.45, 2.75) is 6.42 Å². The van der Waals surface area contributed by atoms with Crippen molar-refractivity contribution in [2.75, 3.05) is 11.9 Å². The van der Waals surface area contributed by atoms with Gasteiger partial charge in [0.05, 0.1) is 6.42 Å². The van der Waals surface area contributed by atoms with Gasteiger partial charge < -0.3 is 15.2 Å². The van der Waals surface area contributed by atoms with E-state index in [1.807, 2.05) is 41.1 Å². The van der Waals surface area contributed by atoms with E-state index in [1.54, 1.807) is 23.5 Å². The number of carbonyl (C=O) groups excluding carboxylic acids is 1. The van der Waals surface area contributed by atoms with Crippen molar-refractivity contribution in [3.05, 3.63) is 58.8 Å². The second kappa shape index (κ2) is 7.14. The maximum atomic E-state index is 12.2. The Hall–Kier alpha value is -2.86. The fraction of sp³-hybridized carbons (Fsp3) is 0.111. The number of anilines is 1. The number of aliphatic carboxylic acids is 1. The van der Waals surface area contributed by atoms with E-state index in [9.17, 15) is 9.59 Å². The van der Waals surface area contributed by atoms with E-state index in [0.29, 0.717) is 17.9 Å². The molecule has 3 rings (SSSR count). The van der Waals surface area contributed by atoms with Crippen LogP contribution in [0.2, 0.25) is 0 Å². The smallest absolute Gasteiger partial charge is 0.341 e. The van der Waals surface area contributed by atoms with Crippen LogP contribution in [0.3, 0.4) is 0 Å². The van der Waals surface area contributed by atoms with Crippen molar-refractivity contribution in [3.63, 3.8) is 0 Å². The quantitative estimate of drug-likeness (QED) is 0.719. The van der Waals surface area contributed by atoms with Gasteiger partial charge in [0.15, 0.2) is 6.61 Å². The second-order valence-corrected chi connectivity index (χ2v) is 5.98. The first-order chi connectivity index (χ1) is 11.6. The zero-order valence-corrected chi connectivity index (χ0v) is 13.5. The molecule has 0 aliphatic carbocycles. The fourth-order valence-electron chi connectivity index (χ4n) is 2.42. The van der Waals surface area contributed by atoms with Gasteiger partial charge in [-0.3, -0.25) is 4.79 Å². The highest BCUT2D eigenvalue weighted by Crippen LogP contribution is 2.31. The van der Waals surface area contributed by atoms with Crippen LogP contribution in [-0.2, 0) is 16.0 Å². The van der Waals surface area contributed by atoms with E-state index in [-0.39, 0.29) is 5.91 Å². The number of benzene rings is 2. The highest BCUT2D eigenvalue weighted by Gasteiger charge is 2.11. The summed E-state index contributed by atoms with van der Waals surface area (Å²) in [5.41, 5.74) is 1.65. The number of fused-ring (bicyclic) bond motifs is 1. The van der Waals surface area contributed by atoms with Crippen molar-refractivity contribution in [3.8, 4) is 5.75 Å². The lowest BCUT2D eigenvalue weighted by Crippen LogP contribution is -2.14. The molecule has 0 aliphatic rings. The van der Waals surface area contributed by atoms with Gasteiger partial charge in [0.1, 0.15) is 5.75 Å². The van der Waals surface area contributed by atoms with Crippen molar-refractivity contribution < 1.29 is 19.4 Å². The zero-order chi connectivity index (χ0) is 16.9. The average molecular weight is 341 g/mol. The monoisotopic (exact) mass is 341 g/mol. The molecule has 0 aliphatic heterocycles. The Labute approximate surface area is 142 Å². The predicted molar refractivity (Wildman–Crippen MR) is 93.7 cm³/mol. The van der Waals surface area contributed by atoms with Gasteiger partial charge >= 0.3 is 5.97 Å². The Morgan fingerprint density at radius 1 is 1.08 bits per heavy atom. The summed E-state index contributed by atoms with van der Waals surface area (Å²) in [4.78, 5) is 22.9. The maximum absolute atomic E-state index is 12.2. The van der Waals surface area contributed by atoms with Crippen LogP contribution in [0, 0.1) is 0 Å². The summed E-state index contributed by atoms with van der Waals surface area (Å²) < 4.78 is 5.32. The summed E-state index contributed by atoms with van der Waals surface area (Å²) in [6.07, 6.45) is 0.315. The number of hydrogen-bond acceptors (Lipinski definition) is 4. The summed E-state index contributed by atoms with van der Waals surface area (Å²) in [7, 11) is 0. The van der Waals surface area contributed by atoms with Crippen LogP contribution in [-0.4, -0.2) is 23.6 Å². The number of carboxylic acid groups (broad SMARTS) is 1. The molecule has 1 amide bonds. The number of carboxylic acids is 1. The molecule has 6 heteroatoms. The van der Waals surface area contributed by atoms with Crippen LogP contribution in [0.4, 0.5) is 5.69 Å². The van der Waals surface area contributed by atoms with Crippen molar-refractivity contribution in [2.24, 2.45) is 0 Å². The molecule has 2 aromatic carbocycles. The van der Waals surface area contributed by atoms with Gasteiger partial charge in [-0.25, -0.2) is 4.79 Å². The lowest BCUT2D eigenvalue weighted by molar-refractivity contribution is -0.139. The normalized spacial score (nSPS) is 10.5. The van der Waals surface area contributed by atoms with E-state index >= 15 is 0 Å². The van der Waals surface area contributed by atoms with E-state index in [2.05, 4.69) is 5.32 Å². The maximum Gasteiger partial charge on any atom is 0.341 e. The molecule has 0 atom stereocenters. The van der Waals surface area contributed by atoms with Gasteiger partial charge in [-0.05, 0) is 34.5 Å². The molecule has 2 N–H and O–H groups in total. The molecule has 3 aromatic rings. The average Bonchev–Trinajstić information content (AvgIpc) is 3.07. The molecule has 0 bridgehead atoms. The van der Waals surface area contributed by atoms with Crippen molar-refractivity contribution in [1.82, 2.24) is 0 Å². The van der Waals surface area contributed by atoms with Crippen molar-refractivity contribution >= 4 is 39.7 Å². The molecule has 24 heavy (non-hydrogen) atoms. The van der Waals surface area contributed by atoms with Crippen LogP contribution < -0.4 is 10.1 Å². The third-order valence-electron chi connectivity index (χ3n) is 3.45. The molecule has 1 heterocycles. The Kier molecular flexibility index (Phi) is 4.77. The third kappa shape index (κ3) is 3.72. The number of ether oxygens (including phenoxy) is 1. The Morgan fingerprint density at radius 3 is 2.58 bits per heavy atom. The molecular weight excluding hydrogens is 326 g/mol. The number of thiophene rings is 1. The van der Waals surface area contributed by atoms with E-state index in [4.69, 9.17) is 9.84 Å². The van der Waals surface area contributed by atoms with Crippen LogP contribution in [0.1, 0.15) is 5.56 Å². The topological polar surface area (TPSA) is 75.6 Å². The molecule has 122 valence electrons. The third-order valence-corrected chi connectivity index (χ3v) is 4.19. The largest absolute Gasteiger partial charge is 0.481 e. The molecule has 0 fully saturated rings. The molecule has 5 nitrogen and oxygen atoms in total. The van der Waals surface area contributed by atoms with Crippen LogP contribution in [0.15, 0.2) is 53.2 Å². The number of amides is 1.